The van der Waals surface area contributed by atoms with E-state index in [1.807, 2.05) is 0 Å². The zero-order chi connectivity index (χ0) is 17.6. The number of furan rings is 1. The Balaban J connectivity index is 1.58. The molecule has 0 radical (unpaired) electrons. The lowest BCUT2D eigenvalue weighted by Crippen LogP contribution is -2.32. The quantitative estimate of drug-likeness (QED) is 0.827. The van der Waals surface area contributed by atoms with Crippen LogP contribution < -0.4 is 5.32 Å². The van der Waals surface area contributed by atoms with Gasteiger partial charge in [0.1, 0.15) is 5.76 Å². The molecule has 1 N–H and O–H groups in total. The highest BCUT2D eigenvalue weighted by atomic mass is 16.7. The van der Waals surface area contributed by atoms with Gasteiger partial charge in [-0.2, -0.15) is 0 Å². The second kappa shape index (κ2) is 5.59. The molecular formula is C17H12N2O6. The lowest BCUT2D eigenvalue weighted by molar-refractivity contribution is -0.0603. The van der Waals surface area contributed by atoms with Crippen LogP contribution in [0, 0.1) is 0 Å². The number of imide groups is 1. The van der Waals surface area contributed by atoms with E-state index in [9.17, 15) is 19.2 Å². The molecule has 0 spiro atoms. The summed E-state index contributed by atoms with van der Waals surface area (Å²) >= 11 is 0. The molecule has 0 atom stereocenters. The third kappa shape index (κ3) is 2.38. The van der Waals surface area contributed by atoms with Crippen molar-refractivity contribution in [1.29, 1.82) is 0 Å². The molecule has 3 amide bonds. The molecule has 2 aliphatic rings. The lowest BCUT2D eigenvalue weighted by Gasteiger charge is -2.11. The topological polar surface area (TPSA) is 106 Å². The monoisotopic (exact) mass is 340 g/mol. The Hall–Kier alpha value is -3.42. The van der Waals surface area contributed by atoms with Crippen LogP contribution >= 0.6 is 0 Å². The van der Waals surface area contributed by atoms with Crippen molar-refractivity contribution in [3.05, 3.63) is 58.5 Å². The fraction of sp³-hybridized carbons (Fsp3) is 0.176. The molecule has 0 bridgehead atoms. The molecule has 0 saturated heterocycles. The highest BCUT2D eigenvalue weighted by Gasteiger charge is 2.39. The van der Waals surface area contributed by atoms with Gasteiger partial charge in [-0.3, -0.25) is 14.4 Å². The van der Waals surface area contributed by atoms with Gasteiger partial charge >= 0.3 is 5.97 Å². The van der Waals surface area contributed by atoms with Crippen LogP contribution in [0.5, 0.6) is 0 Å². The van der Waals surface area contributed by atoms with E-state index in [-0.39, 0.29) is 28.4 Å². The zero-order valence-corrected chi connectivity index (χ0v) is 12.9. The molecule has 3 heterocycles. The molecule has 2 aromatic rings. The number of aryl methyl sites for hydroxylation is 1. The molecule has 1 aromatic heterocycles. The van der Waals surface area contributed by atoms with Crippen molar-refractivity contribution in [1.82, 2.24) is 10.4 Å². The molecule has 0 unspecified atom stereocenters. The third-order valence-corrected chi connectivity index (χ3v) is 4.05. The molecule has 2 aliphatic heterocycles. The Morgan fingerprint density at radius 3 is 2.44 bits per heavy atom. The van der Waals surface area contributed by atoms with Crippen molar-refractivity contribution < 1.29 is 28.4 Å². The van der Waals surface area contributed by atoms with E-state index in [2.05, 4.69) is 5.32 Å². The first-order valence-electron chi connectivity index (χ1n) is 7.67. The minimum atomic E-state index is -1.02. The van der Waals surface area contributed by atoms with Crippen molar-refractivity contribution in [3.63, 3.8) is 0 Å². The van der Waals surface area contributed by atoms with E-state index in [4.69, 9.17) is 9.25 Å². The number of benzene rings is 1. The van der Waals surface area contributed by atoms with E-state index < -0.39 is 17.8 Å². The van der Waals surface area contributed by atoms with Crippen LogP contribution in [0.15, 0.2) is 34.7 Å². The first kappa shape index (κ1) is 15.1. The van der Waals surface area contributed by atoms with E-state index >= 15 is 0 Å². The minimum Gasteiger partial charge on any atom is -0.453 e. The normalized spacial score (nSPS) is 16.2. The second-order valence-electron chi connectivity index (χ2n) is 5.64. The van der Waals surface area contributed by atoms with Crippen LogP contribution in [0.4, 0.5) is 0 Å². The number of hydroxylamine groups is 2. The fourth-order valence-electron chi connectivity index (χ4n) is 2.83. The molecule has 126 valence electrons. The van der Waals surface area contributed by atoms with Gasteiger partial charge in [-0.15, -0.1) is 0 Å². The van der Waals surface area contributed by atoms with Gasteiger partial charge in [-0.25, -0.2) is 4.79 Å². The molecule has 25 heavy (non-hydrogen) atoms. The molecule has 0 aliphatic carbocycles. The van der Waals surface area contributed by atoms with Gasteiger partial charge in [0.25, 0.3) is 17.7 Å². The molecule has 1 aromatic carbocycles. The highest BCUT2D eigenvalue weighted by molar-refractivity contribution is 6.21. The Bertz CT molecular complexity index is 894. The summed E-state index contributed by atoms with van der Waals surface area (Å²) in [7, 11) is 0. The van der Waals surface area contributed by atoms with Crippen molar-refractivity contribution in [3.8, 4) is 0 Å². The average molecular weight is 340 g/mol. The maximum atomic E-state index is 12.3. The van der Waals surface area contributed by atoms with Gasteiger partial charge in [0.2, 0.25) is 5.76 Å². The van der Waals surface area contributed by atoms with Crippen molar-refractivity contribution in [2.24, 2.45) is 0 Å². The summed E-state index contributed by atoms with van der Waals surface area (Å²) in [5.74, 6) is -2.66. The number of carbonyl (C=O) groups is 4. The Labute approximate surface area is 141 Å². The largest absolute Gasteiger partial charge is 0.453 e. The first-order valence-corrected chi connectivity index (χ1v) is 7.67. The number of rotatable bonds is 2. The maximum absolute atomic E-state index is 12.3. The lowest BCUT2D eigenvalue weighted by atomic mass is 10.1. The van der Waals surface area contributed by atoms with Gasteiger partial charge < -0.3 is 14.6 Å². The predicted molar refractivity (Wildman–Crippen MR) is 81.7 cm³/mol. The number of fused-ring (bicyclic) bond motifs is 2. The minimum absolute atomic E-state index is 0.162. The number of hydrogen-bond donors (Lipinski definition) is 1. The number of nitrogens with zero attached hydrogens (tertiary/aromatic N) is 1. The molecule has 8 nitrogen and oxygen atoms in total. The molecule has 8 heteroatoms. The number of carbonyl (C=O) groups excluding carboxylic acids is 4. The van der Waals surface area contributed by atoms with E-state index in [1.165, 1.54) is 18.2 Å². The molecule has 0 saturated carbocycles. The second-order valence-corrected chi connectivity index (χ2v) is 5.64. The van der Waals surface area contributed by atoms with Crippen LogP contribution in [0.1, 0.15) is 53.8 Å². The summed E-state index contributed by atoms with van der Waals surface area (Å²) in [5.41, 5.74) is 0.580. The number of nitrogens with one attached hydrogen (secondary N) is 1. The Morgan fingerprint density at radius 2 is 1.76 bits per heavy atom. The third-order valence-electron chi connectivity index (χ3n) is 4.05. The average Bonchev–Trinajstić information content (AvgIpc) is 3.09. The van der Waals surface area contributed by atoms with Gasteiger partial charge in [0, 0.05) is 19.0 Å². The van der Waals surface area contributed by atoms with Gasteiger partial charge in [-0.05, 0) is 18.6 Å². The van der Waals surface area contributed by atoms with E-state index in [0.29, 0.717) is 30.2 Å². The Kier molecular flexibility index (Phi) is 3.38. The van der Waals surface area contributed by atoms with Crippen LogP contribution in [0.3, 0.4) is 0 Å². The van der Waals surface area contributed by atoms with Crippen LogP contribution in [-0.4, -0.2) is 35.3 Å². The maximum Gasteiger partial charge on any atom is 0.399 e. The smallest absolute Gasteiger partial charge is 0.399 e. The summed E-state index contributed by atoms with van der Waals surface area (Å²) in [6.45, 7) is 0.526. The van der Waals surface area contributed by atoms with Gasteiger partial charge in [0.15, 0.2) is 0 Å². The first-order chi connectivity index (χ1) is 12.1. The molecular weight excluding hydrogens is 328 g/mol. The van der Waals surface area contributed by atoms with Gasteiger partial charge in [0.05, 0.1) is 16.7 Å². The summed E-state index contributed by atoms with van der Waals surface area (Å²) in [5, 5.41) is 3.09. The van der Waals surface area contributed by atoms with Crippen LogP contribution in [-0.2, 0) is 11.3 Å². The number of amides is 3. The van der Waals surface area contributed by atoms with Crippen molar-refractivity contribution in [2.45, 2.75) is 12.8 Å². The number of hydrogen-bond acceptors (Lipinski definition) is 6. The predicted octanol–water partition coefficient (Wildman–Crippen LogP) is 1.32. The zero-order valence-electron chi connectivity index (χ0n) is 12.9. The molecule has 4 rings (SSSR count). The summed E-state index contributed by atoms with van der Waals surface area (Å²) in [6.07, 6.45) is 1.17. The van der Waals surface area contributed by atoms with Crippen molar-refractivity contribution in [2.75, 3.05) is 6.54 Å². The highest BCUT2D eigenvalue weighted by Crippen LogP contribution is 2.25. The molecule has 0 fully saturated rings. The summed E-state index contributed by atoms with van der Waals surface area (Å²) in [6, 6.07) is 7.43. The van der Waals surface area contributed by atoms with Gasteiger partial charge in [-0.1, -0.05) is 17.2 Å². The van der Waals surface area contributed by atoms with E-state index in [0.717, 1.165) is 0 Å². The van der Waals surface area contributed by atoms with Crippen LogP contribution in [0.2, 0.25) is 0 Å². The summed E-state index contributed by atoms with van der Waals surface area (Å²) in [4.78, 5) is 53.5. The van der Waals surface area contributed by atoms with Crippen LogP contribution in [0.25, 0.3) is 0 Å². The summed E-state index contributed by atoms with van der Waals surface area (Å²) < 4.78 is 5.39. The van der Waals surface area contributed by atoms with E-state index in [1.54, 1.807) is 12.1 Å². The van der Waals surface area contributed by atoms with Crippen molar-refractivity contribution >= 4 is 23.7 Å². The fourth-order valence-corrected chi connectivity index (χ4v) is 2.83. The SMILES string of the molecule is O=C(ON1C(=O)c2ccccc2C1=O)c1cc2c(o1)CCCNC2=O. The standard InChI is InChI=1S/C17H12N2O6/c20-14-11-8-13(24-12(11)6-3-7-18-14)17(23)25-19-15(21)9-4-1-2-5-10(9)16(19)22/h1-2,4-5,8H,3,6-7H2,(H,18,20). The Morgan fingerprint density at radius 1 is 1.08 bits per heavy atom.